The quantitative estimate of drug-likeness (QED) is 0.860. The van der Waals surface area contributed by atoms with Gasteiger partial charge in [-0.05, 0) is 13.8 Å². The fourth-order valence-electron chi connectivity index (χ4n) is 1.71. The van der Waals surface area contributed by atoms with E-state index in [1.165, 1.54) is 0 Å². The van der Waals surface area contributed by atoms with Crippen LogP contribution in [0.3, 0.4) is 0 Å². The number of aryl methyl sites for hydroxylation is 1. The molecular formula is C13H16F2N4S. The molecule has 0 fully saturated rings. The van der Waals surface area contributed by atoms with Gasteiger partial charge in [0.25, 0.3) is 0 Å². The lowest BCUT2D eigenvalue weighted by molar-refractivity contribution is 0.578. The molecule has 4 nitrogen and oxygen atoms in total. The Hall–Kier alpha value is -1.76. The second-order valence-electron chi connectivity index (χ2n) is 4.21. The first-order chi connectivity index (χ1) is 9.60. The number of hydrogen-bond acceptors (Lipinski definition) is 5. The molecule has 0 aliphatic carbocycles. The van der Waals surface area contributed by atoms with Crippen molar-refractivity contribution in [1.82, 2.24) is 9.97 Å². The third-order valence-electron chi connectivity index (χ3n) is 2.61. The van der Waals surface area contributed by atoms with E-state index >= 15 is 0 Å². The van der Waals surface area contributed by atoms with Gasteiger partial charge in [0.05, 0.1) is 10.7 Å². The third kappa shape index (κ3) is 3.63. The van der Waals surface area contributed by atoms with Gasteiger partial charge in [-0.1, -0.05) is 0 Å². The van der Waals surface area contributed by atoms with Crippen LogP contribution in [-0.4, -0.2) is 23.1 Å². The number of aromatic nitrogens is 2. The van der Waals surface area contributed by atoms with Crippen molar-refractivity contribution in [1.29, 1.82) is 0 Å². The fraction of sp³-hybridized carbons (Fsp3) is 0.385. The lowest BCUT2D eigenvalue weighted by Crippen LogP contribution is -2.11. The highest BCUT2D eigenvalue weighted by atomic mass is 32.1. The van der Waals surface area contributed by atoms with Crippen LogP contribution in [0.1, 0.15) is 17.6 Å². The Kier molecular flexibility index (Phi) is 4.84. The number of halogens is 2. The summed E-state index contributed by atoms with van der Waals surface area (Å²) in [6.07, 6.45) is 0.666. The van der Waals surface area contributed by atoms with Crippen molar-refractivity contribution in [3.05, 3.63) is 33.8 Å². The van der Waals surface area contributed by atoms with Gasteiger partial charge in [-0.15, -0.1) is 11.3 Å². The van der Waals surface area contributed by atoms with Gasteiger partial charge >= 0.3 is 0 Å². The van der Waals surface area contributed by atoms with E-state index in [2.05, 4.69) is 20.6 Å². The van der Waals surface area contributed by atoms with E-state index in [1.54, 1.807) is 11.3 Å². The van der Waals surface area contributed by atoms with Gasteiger partial charge in [0, 0.05) is 31.0 Å². The van der Waals surface area contributed by atoms with Crippen LogP contribution in [0.4, 0.5) is 20.4 Å². The van der Waals surface area contributed by atoms with E-state index in [1.807, 2.05) is 19.2 Å². The molecule has 0 radical (unpaired) electrons. The molecule has 0 saturated carbocycles. The topological polar surface area (TPSA) is 49.8 Å². The first-order valence-electron chi connectivity index (χ1n) is 6.35. The average Bonchev–Trinajstić information content (AvgIpc) is 2.81. The molecular weight excluding hydrogens is 282 g/mol. The Morgan fingerprint density at radius 3 is 2.45 bits per heavy atom. The number of anilines is 2. The van der Waals surface area contributed by atoms with E-state index in [4.69, 9.17) is 0 Å². The normalized spacial score (nSPS) is 10.6. The number of pyridine rings is 1. The summed E-state index contributed by atoms with van der Waals surface area (Å²) in [6.45, 7) is 4.77. The minimum absolute atomic E-state index is 0.0503. The van der Waals surface area contributed by atoms with E-state index < -0.39 is 11.6 Å². The highest BCUT2D eigenvalue weighted by Crippen LogP contribution is 2.19. The molecule has 0 unspecified atom stereocenters. The molecule has 0 aromatic carbocycles. The maximum atomic E-state index is 13.6. The molecule has 2 aromatic heterocycles. The third-order valence-corrected chi connectivity index (χ3v) is 3.44. The van der Waals surface area contributed by atoms with Crippen molar-refractivity contribution in [2.45, 2.75) is 20.3 Å². The van der Waals surface area contributed by atoms with Crippen molar-refractivity contribution in [3.63, 3.8) is 0 Å². The summed E-state index contributed by atoms with van der Waals surface area (Å²) in [4.78, 5) is 8.23. The molecule has 0 bridgehead atoms. The largest absolute Gasteiger partial charge is 0.368 e. The van der Waals surface area contributed by atoms with Crippen LogP contribution in [0.15, 0.2) is 11.4 Å². The first-order valence-corrected chi connectivity index (χ1v) is 7.23. The molecule has 2 rings (SSSR count). The molecule has 2 heterocycles. The van der Waals surface area contributed by atoms with Crippen LogP contribution < -0.4 is 10.6 Å². The van der Waals surface area contributed by atoms with Crippen LogP contribution in [0.2, 0.25) is 0 Å². The Morgan fingerprint density at radius 2 is 1.85 bits per heavy atom. The zero-order valence-corrected chi connectivity index (χ0v) is 12.2. The molecule has 0 spiro atoms. The number of hydrogen-bond donors (Lipinski definition) is 2. The molecule has 108 valence electrons. The zero-order valence-electron chi connectivity index (χ0n) is 11.3. The van der Waals surface area contributed by atoms with Crippen LogP contribution in [0.25, 0.3) is 0 Å². The summed E-state index contributed by atoms with van der Waals surface area (Å²) in [5.74, 6) is -1.28. The maximum absolute atomic E-state index is 13.6. The maximum Gasteiger partial charge on any atom is 0.168 e. The van der Waals surface area contributed by atoms with Crippen LogP contribution in [-0.2, 0) is 6.42 Å². The summed E-state index contributed by atoms with van der Waals surface area (Å²) in [7, 11) is 0. The molecule has 2 N–H and O–H groups in total. The molecule has 0 amide bonds. The summed E-state index contributed by atoms with van der Waals surface area (Å²) in [5, 5.41) is 8.59. The standard InChI is InChI=1S/C13H16F2N4S/c1-3-16-12-10(14)6-11(15)13(19-12)17-5-4-9-7-20-8(2)18-9/h6-7H,3-5H2,1-2H3,(H2,16,17,19). The van der Waals surface area contributed by atoms with Crippen LogP contribution >= 0.6 is 11.3 Å². The van der Waals surface area contributed by atoms with Gasteiger partial charge in [0.15, 0.2) is 23.3 Å². The predicted octanol–water partition coefficient (Wildman–Crippen LogP) is 3.21. The second kappa shape index (κ2) is 6.60. The lowest BCUT2D eigenvalue weighted by atomic mass is 10.3. The number of nitrogens with zero attached hydrogens (tertiary/aromatic N) is 2. The lowest BCUT2D eigenvalue weighted by Gasteiger charge is -2.09. The number of nitrogens with one attached hydrogen (secondary N) is 2. The van der Waals surface area contributed by atoms with Crippen molar-refractivity contribution in [2.75, 3.05) is 23.7 Å². The first kappa shape index (κ1) is 14.6. The second-order valence-corrected chi connectivity index (χ2v) is 5.28. The predicted molar refractivity (Wildman–Crippen MR) is 77.4 cm³/mol. The number of thiazole rings is 1. The summed E-state index contributed by atoms with van der Waals surface area (Å²) in [6, 6.07) is 0.834. The van der Waals surface area contributed by atoms with Gasteiger partial charge < -0.3 is 10.6 Å². The minimum Gasteiger partial charge on any atom is -0.368 e. The molecule has 0 atom stereocenters. The van der Waals surface area contributed by atoms with Crippen molar-refractivity contribution < 1.29 is 8.78 Å². The van der Waals surface area contributed by atoms with E-state index in [0.29, 0.717) is 19.5 Å². The van der Waals surface area contributed by atoms with Crippen molar-refractivity contribution in [3.8, 4) is 0 Å². The van der Waals surface area contributed by atoms with Gasteiger partial charge in [0.2, 0.25) is 0 Å². The molecule has 2 aromatic rings. The minimum atomic E-state index is -0.696. The Labute approximate surface area is 120 Å². The van der Waals surface area contributed by atoms with Crippen LogP contribution in [0.5, 0.6) is 0 Å². The van der Waals surface area contributed by atoms with E-state index in [0.717, 1.165) is 16.8 Å². The van der Waals surface area contributed by atoms with Gasteiger partial charge in [-0.2, -0.15) is 0 Å². The Morgan fingerprint density at radius 1 is 1.15 bits per heavy atom. The average molecular weight is 298 g/mol. The summed E-state index contributed by atoms with van der Waals surface area (Å²) >= 11 is 1.58. The van der Waals surface area contributed by atoms with Gasteiger partial charge in [-0.3, -0.25) is 0 Å². The van der Waals surface area contributed by atoms with Crippen molar-refractivity contribution >= 4 is 23.0 Å². The molecule has 0 aliphatic rings. The molecule has 20 heavy (non-hydrogen) atoms. The zero-order chi connectivity index (χ0) is 14.5. The highest BCUT2D eigenvalue weighted by molar-refractivity contribution is 7.09. The SMILES string of the molecule is CCNc1nc(NCCc2csc(C)n2)c(F)cc1F. The molecule has 0 aliphatic heterocycles. The van der Waals surface area contributed by atoms with E-state index in [9.17, 15) is 8.78 Å². The number of rotatable bonds is 6. The highest BCUT2D eigenvalue weighted by Gasteiger charge is 2.11. The Balaban J connectivity index is 1.99. The molecule has 0 saturated heterocycles. The monoisotopic (exact) mass is 298 g/mol. The van der Waals surface area contributed by atoms with Gasteiger partial charge in [-0.25, -0.2) is 18.7 Å². The van der Waals surface area contributed by atoms with Gasteiger partial charge in [0.1, 0.15) is 0 Å². The van der Waals surface area contributed by atoms with E-state index in [-0.39, 0.29) is 11.6 Å². The Bertz CT molecular complexity index is 586. The smallest absolute Gasteiger partial charge is 0.168 e. The summed E-state index contributed by atoms with van der Waals surface area (Å²) in [5.41, 5.74) is 0.953. The van der Waals surface area contributed by atoms with Crippen molar-refractivity contribution in [2.24, 2.45) is 0 Å². The fourth-order valence-corrected chi connectivity index (χ4v) is 2.36. The summed E-state index contributed by atoms with van der Waals surface area (Å²) < 4.78 is 27.0. The molecule has 7 heteroatoms. The van der Waals surface area contributed by atoms with Crippen LogP contribution in [0, 0.1) is 18.6 Å².